The molecule has 0 aliphatic carbocycles. The lowest BCUT2D eigenvalue weighted by molar-refractivity contribution is -0.145. The number of carboxylic acids is 1. The molecule has 1 aromatic rings. The van der Waals surface area contributed by atoms with Crippen molar-refractivity contribution in [2.75, 3.05) is 0 Å². The number of hydrogen-bond donors (Lipinski definition) is 1. The van der Waals surface area contributed by atoms with Crippen molar-refractivity contribution in [3.05, 3.63) is 28.2 Å². The van der Waals surface area contributed by atoms with Crippen LogP contribution >= 0.6 is 15.9 Å². The number of halogens is 1. The monoisotopic (exact) mass is 284 g/mol. The molecule has 1 heterocycles. The fourth-order valence-corrected chi connectivity index (χ4v) is 2.57. The van der Waals surface area contributed by atoms with Gasteiger partial charge in [0.25, 0.3) is 0 Å². The van der Waals surface area contributed by atoms with E-state index in [-0.39, 0.29) is 6.10 Å². The minimum Gasteiger partial charge on any atom is -0.489 e. The number of rotatable bonds is 2. The molecular formula is C12H13BrO3. The standard InChI is InChI=1S/C12H13BrO3/c1-2-10-8(12(14)15)6-7-9(13)4-3-5-11(7)16-10/h3-5,8,10H,2,6H2,1H3,(H,14,15). The third-order valence-electron chi connectivity index (χ3n) is 2.95. The summed E-state index contributed by atoms with van der Waals surface area (Å²) in [7, 11) is 0. The van der Waals surface area contributed by atoms with Crippen molar-refractivity contribution >= 4 is 21.9 Å². The molecule has 4 heteroatoms. The molecule has 0 spiro atoms. The zero-order valence-electron chi connectivity index (χ0n) is 8.94. The van der Waals surface area contributed by atoms with Crippen LogP contribution in [0.3, 0.4) is 0 Å². The Balaban J connectivity index is 2.38. The zero-order chi connectivity index (χ0) is 11.7. The number of fused-ring (bicyclic) bond motifs is 1. The normalized spacial score (nSPS) is 23.4. The van der Waals surface area contributed by atoms with Crippen LogP contribution in [0.2, 0.25) is 0 Å². The van der Waals surface area contributed by atoms with Crippen LogP contribution in [0.1, 0.15) is 18.9 Å². The molecule has 0 amide bonds. The molecule has 2 atom stereocenters. The van der Waals surface area contributed by atoms with Gasteiger partial charge in [0.05, 0.1) is 5.92 Å². The highest BCUT2D eigenvalue weighted by molar-refractivity contribution is 9.10. The number of ether oxygens (including phenoxy) is 1. The molecular weight excluding hydrogens is 272 g/mol. The number of carboxylic acid groups (broad SMARTS) is 1. The van der Waals surface area contributed by atoms with Crippen molar-refractivity contribution in [3.8, 4) is 5.75 Å². The predicted octanol–water partition coefficient (Wildman–Crippen LogP) is 2.86. The summed E-state index contributed by atoms with van der Waals surface area (Å²) in [6.07, 6.45) is 1.02. The third kappa shape index (κ3) is 1.94. The van der Waals surface area contributed by atoms with Gasteiger partial charge in [0.2, 0.25) is 0 Å². The zero-order valence-corrected chi connectivity index (χ0v) is 10.5. The van der Waals surface area contributed by atoms with E-state index in [1.165, 1.54) is 0 Å². The van der Waals surface area contributed by atoms with E-state index in [0.717, 1.165) is 15.8 Å². The lowest BCUT2D eigenvalue weighted by Crippen LogP contribution is -2.37. The van der Waals surface area contributed by atoms with Gasteiger partial charge in [0, 0.05) is 10.0 Å². The largest absolute Gasteiger partial charge is 0.489 e. The van der Waals surface area contributed by atoms with Gasteiger partial charge in [-0.3, -0.25) is 4.79 Å². The molecule has 16 heavy (non-hydrogen) atoms. The van der Waals surface area contributed by atoms with Crippen LogP contribution in [-0.4, -0.2) is 17.2 Å². The molecule has 1 N–H and O–H groups in total. The fraction of sp³-hybridized carbons (Fsp3) is 0.417. The van der Waals surface area contributed by atoms with Crippen molar-refractivity contribution in [3.63, 3.8) is 0 Å². The molecule has 0 radical (unpaired) electrons. The van der Waals surface area contributed by atoms with E-state index in [0.29, 0.717) is 12.8 Å². The molecule has 1 aliphatic rings. The lowest BCUT2D eigenvalue weighted by Gasteiger charge is -2.31. The van der Waals surface area contributed by atoms with Crippen LogP contribution in [0.15, 0.2) is 22.7 Å². The van der Waals surface area contributed by atoms with Crippen LogP contribution < -0.4 is 4.74 Å². The highest BCUT2D eigenvalue weighted by atomic mass is 79.9. The second-order valence-electron chi connectivity index (χ2n) is 3.93. The minimum absolute atomic E-state index is 0.223. The number of benzene rings is 1. The molecule has 1 aromatic carbocycles. The molecule has 0 fully saturated rings. The summed E-state index contributed by atoms with van der Waals surface area (Å²) in [6, 6.07) is 5.70. The first-order valence-corrected chi connectivity index (χ1v) is 6.09. The van der Waals surface area contributed by atoms with Crippen LogP contribution in [0.5, 0.6) is 5.75 Å². The SMILES string of the molecule is CCC1Oc2cccc(Br)c2CC1C(=O)O. The van der Waals surface area contributed by atoms with E-state index in [4.69, 9.17) is 9.84 Å². The van der Waals surface area contributed by atoms with Gasteiger partial charge in [0.1, 0.15) is 11.9 Å². The van der Waals surface area contributed by atoms with Gasteiger partial charge in [-0.1, -0.05) is 28.9 Å². The maximum Gasteiger partial charge on any atom is 0.310 e. The Morgan fingerprint density at radius 1 is 1.62 bits per heavy atom. The fourth-order valence-electron chi connectivity index (χ4n) is 2.06. The van der Waals surface area contributed by atoms with Gasteiger partial charge >= 0.3 is 5.97 Å². The summed E-state index contributed by atoms with van der Waals surface area (Å²) >= 11 is 3.43. The van der Waals surface area contributed by atoms with E-state index in [1.807, 2.05) is 25.1 Å². The first kappa shape index (κ1) is 11.5. The molecule has 86 valence electrons. The first-order valence-electron chi connectivity index (χ1n) is 5.30. The second-order valence-corrected chi connectivity index (χ2v) is 4.78. The Morgan fingerprint density at radius 3 is 3.00 bits per heavy atom. The first-order chi connectivity index (χ1) is 7.63. The average molecular weight is 285 g/mol. The lowest BCUT2D eigenvalue weighted by atomic mass is 9.89. The van der Waals surface area contributed by atoms with Gasteiger partial charge in [0.15, 0.2) is 0 Å². The van der Waals surface area contributed by atoms with Gasteiger partial charge in [-0.05, 0) is 25.0 Å². The molecule has 2 unspecified atom stereocenters. The Hall–Kier alpha value is -1.03. The average Bonchev–Trinajstić information content (AvgIpc) is 2.27. The summed E-state index contributed by atoms with van der Waals surface area (Å²) in [6.45, 7) is 1.95. The van der Waals surface area contributed by atoms with Crippen LogP contribution in [0, 0.1) is 5.92 Å². The van der Waals surface area contributed by atoms with Gasteiger partial charge in [-0.2, -0.15) is 0 Å². The van der Waals surface area contributed by atoms with E-state index < -0.39 is 11.9 Å². The molecule has 3 nitrogen and oxygen atoms in total. The highest BCUT2D eigenvalue weighted by Gasteiger charge is 2.34. The summed E-state index contributed by atoms with van der Waals surface area (Å²) in [5.41, 5.74) is 0.958. The van der Waals surface area contributed by atoms with Crippen molar-refractivity contribution < 1.29 is 14.6 Å². The summed E-state index contributed by atoms with van der Waals surface area (Å²) in [5, 5.41) is 9.16. The molecule has 0 aromatic heterocycles. The third-order valence-corrected chi connectivity index (χ3v) is 3.69. The predicted molar refractivity (Wildman–Crippen MR) is 63.7 cm³/mol. The maximum atomic E-state index is 11.1. The van der Waals surface area contributed by atoms with Crippen LogP contribution in [-0.2, 0) is 11.2 Å². The van der Waals surface area contributed by atoms with E-state index >= 15 is 0 Å². The summed E-state index contributed by atoms with van der Waals surface area (Å²) in [4.78, 5) is 11.1. The highest BCUT2D eigenvalue weighted by Crippen LogP contribution is 2.36. The minimum atomic E-state index is -0.784. The number of aliphatic carboxylic acids is 1. The Morgan fingerprint density at radius 2 is 2.38 bits per heavy atom. The van der Waals surface area contributed by atoms with Crippen molar-refractivity contribution in [1.29, 1.82) is 0 Å². The van der Waals surface area contributed by atoms with Crippen LogP contribution in [0.4, 0.5) is 0 Å². The smallest absolute Gasteiger partial charge is 0.310 e. The van der Waals surface area contributed by atoms with E-state index in [1.54, 1.807) is 0 Å². The van der Waals surface area contributed by atoms with Gasteiger partial charge in [-0.15, -0.1) is 0 Å². The Bertz CT molecular complexity index is 417. The van der Waals surface area contributed by atoms with Crippen LogP contribution in [0.25, 0.3) is 0 Å². The van der Waals surface area contributed by atoms with Crippen molar-refractivity contribution in [2.24, 2.45) is 5.92 Å². The quantitative estimate of drug-likeness (QED) is 0.908. The van der Waals surface area contributed by atoms with Crippen molar-refractivity contribution in [1.82, 2.24) is 0 Å². The Labute approximate surface area is 103 Å². The van der Waals surface area contributed by atoms with E-state index in [9.17, 15) is 4.79 Å². The molecule has 0 bridgehead atoms. The molecule has 0 saturated heterocycles. The van der Waals surface area contributed by atoms with Gasteiger partial charge in [-0.25, -0.2) is 0 Å². The molecule has 0 saturated carbocycles. The molecule has 2 rings (SSSR count). The second kappa shape index (κ2) is 4.45. The van der Waals surface area contributed by atoms with E-state index in [2.05, 4.69) is 15.9 Å². The summed E-state index contributed by atoms with van der Waals surface area (Å²) in [5.74, 6) is -0.428. The maximum absolute atomic E-state index is 11.1. The van der Waals surface area contributed by atoms with Gasteiger partial charge < -0.3 is 9.84 Å². The number of carbonyl (C=O) groups is 1. The number of hydrogen-bond acceptors (Lipinski definition) is 2. The topological polar surface area (TPSA) is 46.5 Å². The summed E-state index contributed by atoms with van der Waals surface area (Å²) < 4.78 is 6.65. The Kier molecular flexibility index (Phi) is 3.19. The van der Waals surface area contributed by atoms with Crippen molar-refractivity contribution in [2.45, 2.75) is 25.9 Å². The molecule has 1 aliphatic heterocycles.